The van der Waals surface area contributed by atoms with Crippen LogP contribution in [0, 0.1) is 5.82 Å². The van der Waals surface area contributed by atoms with Crippen molar-refractivity contribution in [2.24, 2.45) is 0 Å². The van der Waals surface area contributed by atoms with Gasteiger partial charge in [-0.1, -0.05) is 0 Å². The summed E-state index contributed by atoms with van der Waals surface area (Å²) >= 11 is 0. The molecule has 0 saturated carbocycles. The van der Waals surface area contributed by atoms with E-state index in [4.69, 9.17) is 0 Å². The van der Waals surface area contributed by atoms with Crippen LogP contribution in [0.1, 0.15) is 0 Å². The van der Waals surface area contributed by atoms with Crippen molar-refractivity contribution < 1.29 is 18.7 Å². The number of aromatic amines is 1. The molecule has 0 radical (unpaired) electrons. The number of pyridine rings is 1. The molecule has 0 aliphatic rings. The zero-order valence-electron chi connectivity index (χ0n) is 8.78. The molecular weight excluding hydrogens is 229 g/mol. The molecule has 2 heterocycles. The molecule has 0 atom stereocenters. The molecule has 2 aromatic rings. The summed E-state index contributed by atoms with van der Waals surface area (Å²) in [5, 5.41) is 2.67. The number of methoxy groups -OCH3 is 1. The van der Waals surface area contributed by atoms with Gasteiger partial charge in [0, 0.05) is 17.8 Å². The highest BCUT2D eigenvalue weighted by molar-refractivity contribution is 6.37. The summed E-state index contributed by atoms with van der Waals surface area (Å²) in [6, 6.07) is 0. The normalized spacial score (nSPS) is 10.2. The van der Waals surface area contributed by atoms with E-state index in [2.05, 4.69) is 20.0 Å². The second-order valence-electron chi connectivity index (χ2n) is 3.19. The number of amides is 1. The van der Waals surface area contributed by atoms with Crippen molar-refractivity contribution in [3.05, 3.63) is 24.4 Å². The molecule has 0 fully saturated rings. The number of carbonyl (C=O) groups excluding carboxylic acids is 2. The van der Waals surface area contributed by atoms with Gasteiger partial charge in [0.25, 0.3) is 0 Å². The van der Waals surface area contributed by atoms with E-state index in [0.717, 1.165) is 13.3 Å². The second-order valence-corrected chi connectivity index (χ2v) is 3.19. The quantitative estimate of drug-likeness (QED) is 0.568. The van der Waals surface area contributed by atoms with Crippen LogP contribution in [0.3, 0.4) is 0 Å². The maximum absolute atomic E-state index is 13.3. The lowest BCUT2D eigenvalue weighted by Crippen LogP contribution is -2.23. The Morgan fingerprint density at radius 1 is 1.47 bits per heavy atom. The van der Waals surface area contributed by atoms with Crippen LogP contribution in [0.4, 0.5) is 10.1 Å². The molecule has 0 saturated heterocycles. The molecule has 0 unspecified atom stereocenters. The van der Waals surface area contributed by atoms with Crippen molar-refractivity contribution in [1.29, 1.82) is 0 Å². The third-order valence-electron chi connectivity index (χ3n) is 2.17. The molecule has 0 aliphatic heterocycles. The van der Waals surface area contributed by atoms with E-state index in [9.17, 15) is 14.0 Å². The van der Waals surface area contributed by atoms with Gasteiger partial charge >= 0.3 is 11.9 Å². The molecule has 88 valence electrons. The lowest BCUT2D eigenvalue weighted by molar-refractivity contribution is -0.150. The Kier molecular flexibility index (Phi) is 2.73. The van der Waals surface area contributed by atoms with Crippen molar-refractivity contribution in [3.63, 3.8) is 0 Å². The fraction of sp³-hybridized carbons (Fsp3) is 0.100. The molecule has 2 rings (SSSR count). The fourth-order valence-electron chi connectivity index (χ4n) is 1.38. The smallest absolute Gasteiger partial charge is 0.396 e. The molecule has 0 aromatic carbocycles. The van der Waals surface area contributed by atoms with Crippen molar-refractivity contribution >= 4 is 28.5 Å². The number of rotatable bonds is 1. The molecule has 7 heteroatoms. The lowest BCUT2D eigenvalue weighted by Gasteiger charge is -2.01. The standard InChI is InChI=1S/C10H8FN3O3/c1-17-10(16)9(15)14-7-4-13-8-5(7)2-12-3-6(8)11/h2-4,13H,1H3,(H,14,15). The fourth-order valence-corrected chi connectivity index (χ4v) is 1.38. The summed E-state index contributed by atoms with van der Waals surface area (Å²) in [5.74, 6) is -2.50. The summed E-state index contributed by atoms with van der Waals surface area (Å²) < 4.78 is 17.5. The van der Waals surface area contributed by atoms with Gasteiger partial charge in [-0.05, 0) is 0 Å². The molecule has 6 nitrogen and oxygen atoms in total. The predicted octanol–water partition coefficient (Wildman–Crippen LogP) is 0.813. The molecule has 2 N–H and O–H groups in total. The van der Waals surface area contributed by atoms with Crippen LogP contribution in [0.5, 0.6) is 0 Å². The monoisotopic (exact) mass is 237 g/mol. The van der Waals surface area contributed by atoms with Gasteiger partial charge in [0.05, 0.1) is 24.5 Å². The lowest BCUT2D eigenvalue weighted by atomic mass is 10.3. The predicted molar refractivity (Wildman–Crippen MR) is 56.7 cm³/mol. The van der Waals surface area contributed by atoms with Crippen LogP contribution < -0.4 is 5.32 Å². The van der Waals surface area contributed by atoms with E-state index in [-0.39, 0.29) is 11.2 Å². The van der Waals surface area contributed by atoms with Gasteiger partial charge in [-0.15, -0.1) is 0 Å². The zero-order valence-corrected chi connectivity index (χ0v) is 8.78. The third-order valence-corrected chi connectivity index (χ3v) is 2.17. The minimum Gasteiger partial charge on any atom is -0.462 e. The van der Waals surface area contributed by atoms with Crippen molar-refractivity contribution in [1.82, 2.24) is 9.97 Å². The number of hydrogen-bond donors (Lipinski definition) is 2. The average molecular weight is 237 g/mol. The van der Waals surface area contributed by atoms with Gasteiger partial charge in [0.2, 0.25) is 0 Å². The summed E-state index contributed by atoms with van der Waals surface area (Å²) in [5.41, 5.74) is 0.475. The maximum Gasteiger partial charge on any atom is 0.396 e. The number of carbonyl (C=O) groups is 2. The number of esters is 1. The molecule has 0 spiro atoms. The number of hydrogen-bond acceptors (Lipinski definition) is 4. The van der Waals surface area contributed by atoms with E-state index >= 15 is 0 Å². The number of nitrogens with zero attached hydrogens (tertiary/aromatic N) is 1. The van der Waals surface area contributed by atoms with Crippen LogP contribution in [0.15, 0.2) is 18.6 Å². The number of nitrogens with one attached hydrogen (secondary N) is 2. The first-order valence-electron chi connectivity index (χ1n) is 4.63. The Hall–Kier alpha value is -2.44. The first kappa shape index (κ1) is 11.1. The third kappa shape index (κ3) is 1.94. The van der Waals surface area contributed by atoms with Crippen molar-refractivity contribution in [2.75, 3.05) is 12.4 Å². The molecule has 2 aromatic heterocycles. The van der Waals surface area contributed by atoms with Crippen molar-refractivity contribution in [2.45, 2.75) is 0 Å². The van der Waals surface area contributed by atoms with Gasteiger partial charge in [0.15, 0.2) is 5.82 Å². The summed E-state index contributed by atoms with van der Waals surface area (Å²) in [4.78, 5) is 28.5. The Bertz CT molecular complexity index is 593. The van der Waals surface area contributed by atoms with E-state index in [1.165, 1.54) is 12.4 Å². The van der Waals surface area contributed by atoms with E-state index in [0.29, 0.717) is 5.39 Å². The molecule has 0 aliphatic carbocycles. The summed E-state index contributed by atoms with van der Waals surface area (Å²) in [6.45, 7) is 0. The van der Waals surface area contributed by atoms with Gasteiger partial charge in [-0.3, -0.25) is 9.78 Å². The van der Waals surface area contributed by atoms with Gasteiger partial charge < -0.3 is 15.0 Å². The Morgan fingerprint density at radius 3 is 2.94 bits per heavy atom. The molecule has 1 amide bonds. The van der Waals surface area contributed by atoms with Gasteiger partial charge in [-0.2, -0.15) is 0 Å². The van der Waals surface area contributed by atoms with Gasteiger partial charge in [-0.25, -0.2) is 9.18 Å². The van der Waals surface area contributed by atoms with Crippen LogP contribution in [-0.4, -0.2) is 29.0 Å². The number of ether oxygens (including phenoxy) is 1. The minimum atomic E-state index is -1.02. The van der Waals surface area contributed by atoms with Crippen LogP contribution >= 0.6 is 0 Å². The number of halogens is 1. The summed E-state index contributed by atoms with van der Waals surface area (Å²) in [7, 11) is 1.10. The Morgan fingerprint density at radius 2 is 2.24 bits per heavy atom. The molecular formula is C10H8FN3O3. The summed E-state index contributed by atoms with van der Waals surface area (Å²) in [6.07, 6.45) is 3.79. The van der Waals surface area contributed by atoms with Crippen LogP contribution in [-0.2, 0) is 14.3 Å². The first-order valence-corrected chi connectivity index (χ1v) is 4.63. The van der Waals surface area contributed by atoms with E-state index in [1.807, 2.05) is 0 Å². The highest BCUT2D eigenvalue weighted by atomic mass is 19.1. The van der Waals surface area contributed by atoms with Gasteiger partial charge in [0.1, 0.15) is 0 Å². The average Bonchev–Trinajstić information content (AvgIpc) is 2.73. The number of anilines is 1. The maximum atomic E-state index is 13.3. The number of H-pyrrole nitrogens is 1. The second kappa shape index (κ2) is 4.20. The Labute approximate surface area is 94.8 Å². The highest BCUT2D eigenvalue weighted by Gasteiger charge is 2.16. The number of aromatic nitrogens is 2. The number of fused-ring (bicyclic) bond motifs is 1. The van der Waals surface area contributed by atoms with Crippen molar-refractivity contribution in [3.8, 4) is 0 Å². The topological polar surface area (TPSA) is 84.1 Å². The molecule has 17 heavy (non-hydrogen) atoms. The highest BCUT2D eigenvalue weighted by Crippen LogP contribution is 2.23. The van der Waals surface area contributed by atoms with Crippen LogP contribution in [0.2, 0.25) is 0 Å². The Balaban J connectivity index is 2.34. The zero-order chi connectivity index (χ0) is 12.4. The van der Waals surface area contributed by atoms with Crippen LogP contribution in [0.25, 0.3) is 10.9 Å². The van der Waals surface area contributed by atoms with E-state index < -0.39 is 17.7 Å². The SMILES string of the molecule is COC(=O)C(=O)Nc1c[nH]c2c(F)cncc12. The first-order chi connectivity index (χ1) is 8.13. The van der Waals surface area contributed by atoms with E-state index in [1.54, 1.807) is 0 Å². The minimum absolute atomic E-state index is 0.208. The largest absolute Gasteiger partial charge is 0.462 e. The molecule has 0 bridgehead atoms.